The molecule has 1 aliphatic carbocycles. The molecule has 1 atom stereocenters. The lowest BCUT2D eigenvalue weighted by atomic mass is 9.95. The van der Waals surface area contributed by atoms with E-state index >= 15 is 0 Å². The fraction of sp³-hybridized carbons (Fsp3) is 0.533. The second-order valence-corrected chi connectivity index (χ2v) is 6.81. The smallest absolute Gasteiger partial charge is 0.0709 e. The van der Waals surface area contributed by atoms with Gasteiger partial charge in [0.15, 0.2) is 0 Å². The molecule has 0 radical (unpaired) electrons. The molecule has 0 spiro atoms. The van der Waals surface area contributed by atoms with Gasteiger partial charge in [-0.25, -0.2) is 0 Å². The van der Waals surface area contributed by atoms with Gasteiger partial charge >= 0.3 is 0 Å². The van der Waals surface area contributed by atoms with Crippen LogP contribution in [-0.2, 0) is 13.0 Å². The topological polar surface area (TPSA) is 17.8 Å². The lowest BCUT2D eigenvalue weighted by molar-refractivity contribution is 0.497. The maximum atomic E-state index is 4.81. The van der Waals surface area contributed by atoms with Crippen molar-refractivity contribution in [1.82, 2.24) is 9.78 Å². The van der Waals surface area contributed by atoms with Crippen LogP contribution in [0.25, 0.3) is 10.9 Å². The first kappa shape index (κ1) is 12.2. The molecule has 0 bridgehead atoms. The largest absolute Gasteiger partial charge is 0.265 e. The van der Waals surface area contributed by atoms with Crippen LogP contribution in [0.4, 0.5) is 0 Å². The van der Waals surface area contributed by atoms with E-state index in [1.807, 2.05) is 0 Å². The third kappa shape index (κ3) is 1.89. The average molecular weight is 307 g/mol. The van der Waals surface area contributed by atoms with Gasteiger partial charge in [0.1, 0.15) is 0 Å². The van der Waals surface area contributed by atoms with E-state index in [2.05, 4.69) is 58.7 Å². The number of aromatic nitrogens is 2. The molecular formula is C15H19BrN2. The first-order valence-corrected chi connectivity index (χ1v) is 7.66. The van der Waals surface area contributed by atoms with Crippen LogP contribution in [0.1, 0.15) is 32.4 Å². The van der Waals surface area contributed by atoms with Gasteiger partial charge in [0.25, 0.3) is 0 Å². The van der Waals surface area contributed by atoms with Crippen LogP contribution in [-0.4, -0.2) is 14.6 Å². The first-order valence-electron chi connectivity index (χ1n) is 6.75. The number of rotatable bonds is 4. The molecule has 1 unspecified atom stereocenters. The van der Waals surface area contributed by atoms with Gasteiger partial charge in [-0.3, -0.25) is 4.68 Å². The standard InChI is InChI=1S/C15H19BrN2/c1-3-18-14-7-5-4-6-12(14)13(17-18)10-15(8-9-15)11(2)16/h4-7,11H,3,8-10H2,1-2H3. The molecule has 0 saturated heterocycles. The number of benzene rings is 1. The molecule has 1 aromatic carbocycles. The van der Waals surface area contributed by atoms with Crippen molar-refractivity contribution in [3.63, 3.8) is 0 Å². The SMILES string of the molecule is CCn1nc(CC2(C(C)Br)CC2)c2ccccc21. The van der Waals surface area contributed by atoms with Crippen molar-refractivity contribution < 1.29 is 0 Å². The Balaban J connectivity index is 2.02. The monoisotopic (exact) mass is 306 g/mol. The summed E-state index contributed by atoms with van der Waals surface area (Å²) in [7, 11) is 0. The van der Waals surface area contributed by atoms with Crippen LogP contribution in [0.2, 0.25) is 0 Å². The van der Waals surface area contributed by atoms with E-state index in [0.29, 0.717) is 10.2 Å². The van der Waals surface area contributed by atoms with Gasteiger partial charge in [0, 0.05) is 16.8 Å². The second-order valence-electron chi connectivity index (χ2n) is 5.43. The number of hydrogen-bond acceptors (Lipinski definition) is 1. The number of alkyl halides is 1. The Morgan fingerprint density at radius 1 is 1.39 bits per heavy atom. The molecule has 0 amide bonds. The Hall–Kier alpha value is -0.830. The van der Waals surface area contributed by atoms with Crippen LogP contribution in [0, 0.1) is 5.41 Å². The summed E-state index contributed by atoms with van der Waals surface area (Å²) in [5.74, 6) is 0. The summed E-state index contributed by atoms with van der Waals surface area (Å²) in [6.45, 7) is 5.37. The molecule has 2 aromatic rings. The van der Waals surface area contributed by atoms with Crippen LogP contribution < -0.4 is 0 Å². The van der Waals surface area contributed by atoms with Crippen molar-refractivity contribution >= 4 is 26.8 Å². The summed E-state index contributed by atoms with van der Waals surface area (Å²) in [6, 6.07) is 8.59. The zero-order valence-electron chi connectivity index (χ0n) is 11.0. The van der Waals surface area contributed by atoms with E-state index in [0.717, 1.165) is 13.0 Å². The van der Waals surface area contributed by atoms with Gasteiger partial charge in [-0.2, -0.15) is 5.10 Å². The summed E-state index contributed by atoms with van der Waals surface area (Å²) in [4.78, 5) is 0.579. The van der Waals surface area contributed by atoms with Gasteiger partial charge in [-0.05, 0) is 37.7 Å². The molecule has 1 aliphatic rings. The Bertz CT molecular complexity index is 567. The number of halogens is 1. The summed E-state index contributed by atoms with van der Waals surface area (Å²) < 4.78 is 2.12. The Morgan fingerprint density at radius 3 is 2.72 bits per heavy atom. The van der Waals surface area contributed by atoms with E-state index < -0.39 is 0 Å². The minimum absolute atomic E-state index is 0.454. The minimum Gasteiger partial charge on any atom is -0.265 e. The third-order valence-electron chi connectivity index (χ3n) is 4.29. The Kier molecular flexibility index (Phi) is 2.97. The molecular weight excluding hydrogens is 288 g/mol. The van der Waals surface area contributed by atoms with Gasteiger partial charge in [0.2, 0.25) is 0 Å². The minimum atomic E-state index is 0.454. The molecule has 18 heavy (non-hydrogen) atoms. The highest BCUT2D eigenvalue weighted by atomic mass is 79.9. The van der Waals surface area contributed by atoms with Crippen molar-refractivity contribution in [1.29, 1.82) is 0 Å². The number of fused-ring (bicyclic) bond motifs is 1. The van der Waals surface area contributed by atoms with Crippen LogP contribution in [0.15, 0.2) is 24.3 Å². The highest BCUT2D eigenvalue weighted by Crippen LogP contribution is 2.54. The van der Waals surface area contributed by atoms with Crippen molar-refractivity contribution in [2.24, 2.45) is 5.41 Å². The molecule has 1 heterocycles. The predicted molar refractivity (Wildman–Crippen MR) is 79.2 cm³/mol. The molecule has 0 aliphatic heterocycles. The lowest BCUT2D eigenvalue weighted by Gasteiger charge is -2.16. The summed E-state index contributed by atoms with van der Waals surface area (Å²) in [5, 5.41) is 6.14. The third-order valence-corrected chi connectivity index (χ3v) is 5.26. The highest BCUT2D eigenvalue weighted by molar-refractivity contribution is 9.09. The quantitative estimate of drug-likeness (QED) is 0.776. The van der Waals surface area contributed by atoms with Gasteiger partial charge in [-0.15, -0.1) is 0 Å². The van der Waals surface area contributed by atoms with Crippen LogP contribution in [0.5, 0.6) is 0 Å². The molecule has 96 valence electrons. The summed E-state index contributed by atoms with van der Waals surface area (Å²) in [5.41, 5.74) is 3.00. The molecule has 3 rings (SSSR count). The van der Waals surface area contributed by atoms with Crippen molar-refractivity contribution in [2.75, 3.05) is 0 Å². The molecule has 0 N–H and O–H groups in total. The van der Waals surface area contributed by atoms with E-state index in [1.54, 1.807) is 0 Å². The van der Waals surface area contributed by atoms with E-state index in [9.17, 15) is 0 Å². The van der Waals surface area contributed by atoms with Gasteiger partial charge in [0.05, 0.1) is 11.2 Å². The maximum absolute atomic E-state index is 4.81. The number of nitrogens with zero attached hydrogens (tertiary/aromatic N) is 2. The number of aryl methyl sites for hydroxylation is 1. The van der Waals surface area contributed by atoms with Gasteiger partial charge < -0.3 is 0 Å². The highest BCUT2D eigenvalue weighted by Gasteiger charge is 2.46. The summed E-state index contributed by atoms with van der Waals surface area (Å²) in [6.07, 6.45) is 3.76. The Labute approximate surface area is 117 Å². The fourth-order valence-corrected chi connectivity index (χ4v) is 3.40. The molecule has 1 saturated carbocycles. The van der Waals surface area contributed by atoms with Crippen molar-refractivity contribution in [2.45, 2.75) is 44.5 Å². The fourth-order valence-electron chi connectivity index (χ4n) is 2.78. The Morgan fingerprint density at radius 2 is 2.11 bits per heavy atom. The number of para-hydroxylation sites is 1. The summed E-state index contributed by atoms with van der Waals surface area (Å²) >= 11 is 3.77. The zero-order valence-corrected chi connectivity index (χ0v) is 12.6. The molecule has 1 fully saturated rings. The zero-order chi connectivity index (χ0) is 12.8. The molecule has 3 heteroatoms. The van der Waals surface area contributed by atoms with Gasteiger partial charge in [-0.1, -0.05) is 41.1 Å². The van der Waals surface area contributed by atoms with Crippen molar-refractivity contribution in [3.05, 3.63) is 30.0 Å². The van der Waals surface area contributed by atoms with Crippen molar-refractivity contribution in [3.8, 4) is 0 Å². The second kappa shape index (κ2) is 4.37. The van der Waals surface area contributed by atoms with Crippen LogP contribution >= 0.6 is 15.9 Å². The maximum Gasteiger partial charge on any atom is 0.0709 e. The lowest BCUT2D eigenvalue weighted by Crippen LogP contribution is -2.15. The molecule has 2 nitrogen and oxygen atoms in total. The van der Waals surface area contributed by atoms with Crippen LogP contribution in [0.3, 0.4) is 0 Å². The normalized spacial score (nSPS) is 19.1. The van der Waals surface area contributed by atoms with E-state index in [-0.39, 0.29) is 0 Å². The first-order chi connectivity index (χ1) is 8.66. The average Bonchev–Trinajstić information content (AvgIpc) is 3.07. The predicted octanol–water partition coefficient (Wildman–Crippen LogP) is 4.16. The number of hydrogen-bond donors (Lipinski definition) is 0. The van der Waals surface area contributed by atoms with E-state index in [4.69, 9.17) is 5.10 Å². The van der Waals surface area contributed by atoms with E-state index in [1.165, 1.54) is 29.4 Å². The molecule has 1 aromatic heterocycles.